The molecule has 6 amide bonds. The SMILES string of the molecule is CC(C)(C)OC(=O)N1C(=O)CCC(Br)C1=O.Cc1ccc(NC2CCC(=O)N(C(=O)OC(C)(C)C)C2=O)c(O)c1.Cc1ccc(O)c(N)c1. The maximum atomic E-state index is 12.5. The van der Waals surface area contributed by atoms with Crippen LogP contribution in [0.3, 0.4) is 0 Å². The lowest BCUT2D eigenvalue weighted by Gasteiger charge is -2.31. The van der Waals surface area contributed by atoms with Crippen molar-refractivity contribution in [3.05, 3.63) is 47.5 Å². The molecule has 0 aromatic heterocycles. The van der Waals surface area contributed by atoms with E-state index in [1.54, 1.807) is 71.9 Å². The van der Waals surface area contributed by atoms with Crippen molar-refractivity contribution < 1.29 is 48.5 Å². The molecule has 0 radical (unpaired) electrons. The fourth-order valence-corrected chi connectivity index (χ4v) is 4.72. The maximum absolute atomic E-state index is 12.5. The molecule has 0 spiro atoms. The highest BCUT2D eigenvalue weighted by Crippen LogP contribution is 2.28. The molecule has 2 aromatic rings. The average molecular weight is 750 g/mol. The Morgan fingerprint density at radius 2 is 1.24 bits per heavy atom. The summed E-state index contributed by atoms with van der Waals surface area (Å²) in [6.45, 7) is 13.8. The number of halogens is 1. The van der Waals surface area contributed by atoms with Crippen LogP contribution in [0.4, 0.5) is 21.0 Å². The number of nitrogens with one attached hydrogen (secondary N) is 1. The summed E-state index contributed by atoms with van der Waals surface area (Å²) in [7, 11) is 0. The number of aryl methyl sites for hydroxylation is 2. The summed E-state index contributed by atoms with van der Waals surface area (Å²) in [5, 5.41) is 21.8. The van der Waals surface area contributed by atoms with Crippen LogP contribution in [0.2, 0.25) is 0 Å². The molecule has 0 bridgehead atoms. The second-order valence-electron chi connectivity index (χ2n) is 13.4. The molecule has 14 nitrogen and oxygen atoms in total. The Hall–Kier alpha value is -4.66. The minimum atomic E-state index is -0.975. The summed E-state index contributed by atoms with van der Waals surface area (Å²) < 4.78 is 10.1. The summed E-state index contributed by atoms with van der Waals surface area (Å²) in [4.78, 5) is 71.9. The van der Waals surface area contributed by atoms with Gasteiger partial charge in [0.2, 0.25) is 11.8 Å². The van der Waals surface area contributed by atoms with Crippen molar-refractivity contribution in [2.75, 3.05) is 11.1 Å². The van der Waals surface area contributed by atoms with Gasteiger partial charge in [0.05, 0.1) is 16.2 Å². The van der Waals surface area contributed by atoms with Crippen molar-refractivity contribution in [2.45, 2.75) is 103 Å². The van der Waals surface area contributed by atoms with E-state index in [1.165, 1.54) is 0 Å². The highest BCUT2D eigenvalue weighted by atomic mass is 79.9. The molecule has 49 heavy (non-hydrogen) atoms. The number of ether oxygens (including phenoxy) is 2. The summed E-state index contributed by atoms with van der Waals surface area (Å²) in [6.07, 6.45) is -1.01. The molecule has 2 aliphatic heterocycles. The molecule has 5 N–H and O–H groups in total. The van der Waals surface area contributed by atoms with Gasteiger partial charge < -0.3 is 30.7 Å². The number of piperidine rings is 2. The highest BCUT2D eigenvalue weighted by Gasteiger charge is 2.41. The van der Waals surface area contributed by atoms with Gasteiger partial charge in [0.1, 0.15) is 28.7 Å². The third-order valence-electron chi connectivity index (χ3n) is 6.58. The van der Waals surface area contributed by atoms with Crippen LogP contribution in [0.1, 0.15) is 78.4 Å². The number of benzene rings is 2. The Labute approximate surface area is 294 Å². The van der Waals surface area contributed by atoms with Gasteiger partial charge in [-0.2, -0.15) is 9.80 Å². The number of amides is 6. The largest absolute Gasteiger partial charge is 0.506 e. The first-order valence-electron chi connectivity index (χ1n) is 15.5. The van der Waals surface area contributed by atoms with Crippen LogP contribution in [0, 0.1) is 13.8 Å². The highest BCUT2D eigenvalue weighted by molar-refractivity contribution is 9.10. The standard InChI is InChI=1S/C17H22N2O5.C10H14BrNO4.C7H9NO/c1-10-5-6-11(13(20)9-10)18-12-7-8-14(21)19(15(12)22)16(23)24-17(2,3)4;1-10(2,3)16-9(15)12-7(13)5-4-6(11)8(12)14;1-5-2-3-7(9)6(8)4-5/h5-6,9,12,18,20H,7-8H2,1-4H3;6H,4-5H2,1-3H3;2-4,9H,8H2,1H3. The molecular formula is C34H45BrN4O10. The minimum absolute atomic E-state index is 0.00326. The number of nitrogens with zero attached hydrogens (tertiary/aromatic N) is 2. The Morgan fingerprint density at radius 3 is 1.71 bits per heavy atom. The van der Waals surface area contributed by atoms with Crippen LogP contribution < -0.4 is 11.1 Å². The number of phenols is 2. The summed E-state index contributed by atoms with van der Waals surface area (Å²) >= 11 is 3.12. The van der Waals surface area contributed by atoms with Gasteiger partial charge in [-0.3, -0.25) is 19.2 Å². The Kier molecular flexibility index (Phi) is 13.8. The lowest BCUT2D eigenvalue weighted by molar-refractivity contribution is -0.148. The molecule has 2 fully saturated rings. The predicted molar refractivity (Wildman–Crippen MR) is 185 cm³/mol. The first-order valence-corrected chi connectivity index (χ1v) is 16.4. The van der Waals surface area contributed by atoms with E-state index in [1.807, 2.05) is 19.9 Å². The van der Waals surface area contributed by atoms with Crippen molar-refractivity contribution in [1.82, 2.24) is 9.80 Å². The lowest BCUT2D eigenvalue weighted by Crippen LogP contribution is -2.54. The lowest BCUT2D eigenvalue weighted by atomic mass is 10.0. The number of alkyl halides is 1. The Balaban J connectivity index is 0.000000285. The number of phenolic OH excluding ortho intramolecular Hbond substituents is 2. The molecular weight excluding hydrogens is 704 g/mol. The molecule has 2 aromatic carbocycles. The number of rotatable bonds is 2. The normalized spacial score (nSPS) is 18.1. The van der Waals surface area contributed by atoms with Gasteiger partial charge in [-0.15, -0.1) is 0 Å². The number of anilines is 2. The quantitative estimate of drug-likeness (QED) is 0.127. The zero-order valence-corrected chi connectivity index (χ0v) is 30.5. The summed E-state index contributed by atoms with van der Waals surface area (Å²) in [5.74, 6) is -2.16. The summed E-state index contributed by atoms with van der Waals surface area (Å²) in [5.41, 5.74) is 6.58. The van der Waals surface area contributed by atoms with Gasteiger partial charge >= 0.3 is 12.2 Å². The fraction of sp³-hybridized carbons (Fsp3) is 0.471. The van der Waals surface area contributed by atoms with E-state index < -0.39 is 57.9 Å². The average Bonchev–Trinajstić information content (AvgIpc) is 2.95. The van der Waals surface area contributed by atoms with E-state index in [4.69, 9.17) is 20.3 Å². The number of hydrogen-bond donors (Lipinski definition) is 4. The van der Waals surface area contributed by atoms with Crippen molar-refractivity contribution >= 4 is 63.1 Å². The number of carbonyl (C=O) groups is 6. The molecule has 2 atom stereocenters. The number of nitrogens with two attached hydrogens (primary N) is 1. The van der Waals surface area contributed by atoms with Crippen LogP contribution in [-0.2, 0) is 28.7 Å². The second kappa shape index (κ2) is 16.6. The molecule has 15 heteroatoms. The molecule has 2 saturated heterocycles. The molecule has 2 aliphatic rings. The third kappa shape index (κ3) is 12.4. The fourth-order valence-electron chi connectivity index (χ4n) is 4.29. The molecule has 0 aliphatic carbocycles. The van der Waals surface area contributed by atoms with Crippen molar-refractivity contribution in [3.63, 3.8) is 0 Å². The molecule has 268 valence electrons. The van der Waals surface area contributed by atoms with Gasteiger partial charge in [0.25, 0.3) is 11.8 Å². The minimum Gasteiger partial charge on any atom is -0.506 e. The first kappa shape index (κ1) is 40.5. The van der Waals surface area contributed by atoms with Gasteiger partial charge in [0, 0.05) is 12.8 Å². The van der Waals surface area contributed by atoms with Gasteiger partial charge in [-0.05, 0) is 104 Å². The maximum Gasteiger partial charge on any atom is 0.424 e. The van der Waals surface area contributed by atoms with Crippen LogP contribution in [0.25, 0.3) is 0 Å². The van der Waals surface area contributed by atoms with E-state index in [-0.39, 0.29) is 30.8 Å². The van der Waals surface area contributed by atoms with Crippen LogP contribution in [-0.4, -0.2) is 77.9 Å². The van der Waals surface area contributed by atoms with Gasteiger partial charge in [0.15, 0.2) is 0 Å². The molecule has 2 unspecified atom stereocenters. The van der Waals surface area contributed by atoms with E-state index in [2.05, 4.69) is 21.2 Å². The Bertz CT molecular complexity index is 1580. The first-order chi connectivity index (χ1) is 22.5. The Morgan fingerprint density at radius 1 is 0.776 bits per heavy atom. The number of carbonyl (C=O) groups excluding carboxylic acids is 6. The number of nitrogen functional groups attached to an aromatic ring is 1. The number of hydrogen-bond acceptors (Lipinski definition) is 12. The van der Waals surface area contributed by atoms with E-state index in [9.17, 15) is 33.9 Å². The van der Waals surface area contributed by atoms with Crippen LogP contribution in [0.5, 0.6) is 11.5 Å². The molecule has 4 rings (SSSR count). The summed E-state index contributed by atoms with van der Waals surface area (Å²) in [6, 6.07) is 9.33. The van der Waals surface area contributed by atoms with Crippen molar-refractivity contribution in [2.24, 2.45) is 0 Å². The van der Waals surface area contributed by atoms with Crippen molar-refractivity contribution in [1.29, 1.82) is 0 Å². The second-order valence-corrected chi connectivity index (χ2v) is 14.5. The zero-order valence-electron chi connectivity index (χ0n) is 29.0. The number of imide groups is 6. The van der Waals surface area contributed by atoms with E-state index in [0.717, 1.165) is 11.1 Å². The van der Waals surface area contributed by atoms with Gasteiger partial charge in [-0.25, -0.2) is 9.59 Å². The third-order valence-corrected chi connectivity index (χ3v) is 7.43. The van der Waals surface area contributed by atoms with E-state index >= 15 is 0 Å². The molecule has 0 saturated carbocycles. The number of aromatic hydroxyl groups is 2. The monoisotopic (exact) mass is 748 g/mol. The predicted octanol–water partition coefficient (Wildman–Crippen LogP) is 5.68. The van der Waals surface area contributed by atoms with Gasteiger partial charge in [-0.1, -0.05) is 28.1 Å². The van der Waals surface area contributed by atoms with E-state index in [0.29, 0.717) is 27.6 Å². The van der Waals surface area contributed by atoms with Crippen LogP contribution >= 0.6 is 15.9 Å². The zero-order chi connectivity index (χ0) is 37.4. The van der Waals surface area contributed by atoms with Crippen LogP contribution in [0.15, 0.2) is 36.4 Å². The number of likely N-dealkylation sites (tertiary alicyclic amines) is 2. The molecule has 2 heterocycles. The topological polar surface area (TPSA) is 206 Å². The smallest absolute Gasteiger partial charge is 0.424 e. The van der Waals surface area contributed by atoms with Crippen molar-refractivity contribution in [3.8, 4) is 11.5 Å².